The van der Waals surface area contributed by atoms with Gasteiger partial charge in [0.15, 0.2) is 0 Å². The molecule has 5 rings (SSSR count). The SMILES string of the molecule is O=C1OC(CN2CCCCC2c2cc3ccccc3[nH]2)CN1c1ccccc1. The highest BCUT2D eigenvalue weighted by molar-refractivity contribution is 5.89. The number of fused-ring (bicyclic) bond motifs is 1. The Balaban J connectivity index is 1.32. The molecule has 1 aromatic heterocycles. The lowest BCUT2D eigenvalue weighted by atomic mass is 9.98. The zero-order chi connectivity index (χ0) is 18.9. The van der Waals surface area contributed by atoms with Crippen LogP contribution in [0.3, 0.4) is 0 Å². The third-order valence-electron chi connectivity index (χ3n) is 5.90. The molecule has 0 radical (unpaired) electrons. The standard InChI is InChI=1S/C23H25N3O2/c27-23-26(18-9-2-1-3-10-18)16-19(28-23)15-25-13-7-6-12-22(25)21-14-17-8-4-5-11-20(17)24-21/h1-5,8-11,14,19,22,24H,6-7,12-13,15-16H2. The molecule has 2 unspecified atom stereocenters. The van der Waals surface area contributed by atoms with Gasteiger partial charge >= 0.3 is 6.09 Å². The van der Waals surface area contributed by atoms with Crippen LogP contribution in [-0.2, 0) is 4.74 Å². The number of hydrogen-bond donors (Lipinski definition) is 1. The van der Waals surface area contributed by atoms with E-state index in [9.17, 15) is 4.79 Å². The van der Waals surface area contributed by atoms with Crippen molar-refractivity contribution in [2.45, 2.75) is 31.4 Å². The quantitative estimate of drug-likeness (QED) is 0.718. The second kappa shape index (κ2) is 7.32. The zero-order valence-electron chi connectivity index (χ0n) is 15.9. The van der Waals surface area contributed by atoms with Gasteiger partial charge in [-0.1, -0.05) is 42.8 Å². The van der Waals surface area contributed by atoms with Gasteiger partial charge in [0.2, 0.25) is 0 Å². The number of carbonyl (C=O) groups excluding carboxylic acids is 1. The molecule has 3 aromatic rings. The third-order valence-corrected chi connectivity index (χ3v) is 5.90. The molecule has 2 aliphatic heterocycles. The maximum atomic E-state index is 12.4. The fourth-order valence-corrected chi connectivity index (χ4v) is 4.53. The Morgan fingerprint density at radius 3 is 2.71 bits per heavy atom. The number of H-pyrrole nitrogens is 1. The molecule has 5 nitrogen and oxygen atoms in total. The lowest BCUT2D eigenvalue weighted by molar-refractivity contribution is 0.0714. The minimum Gasteiger partial charge on any atom is -0.443 e. The summed E-state index contributed by atoms with van der Waals surface area (Å²) in [6, 6.07) is 20.8. The average Bonchev–Trinajstić information content (AvgIpc) is 3.32. The number of likely N-dealkylation sites (tertiary alicyclic amines) is 1. The summed E-state index contributed by atoms with van der Waals surface area (Å²) in [4.78, 5) is 20.2. The highest BCUT2D eigenvalue weighted by atomic mass is 16.6. The van der Waals surface area contributed by atoms with Gasteiger partial charge in [-0.15, -0.1) is 0 Å². The van der Waals surface area contributed by atoms with Crippen molar-refractivity contribution in [1.29, 1.82) is 0 Å². The number of nitrogens with one attached hydrogen (secondary N) is 1. The van der Waals surface area contributed by atoms with Gasteiger partial charge in [-0.2, -0.15) is 0 Å². The Kier molecular flexibility index (Phi) is 4.53. The zero-order valence-corrected chi connectivity index (χ0v) is 15.9. The summed E-state index contributed by atoms with van der Waals surface area (Å²) in [5.74, 6) is 0. The fraction of sp³-hybridized carbons (Fsp3) is 0.348. The van der Waals surface area contributed by atoms with Crippen molar-refractivity contribution in [3.63, 3.8) is 0 Å². The molecule has 144 valence electrons. The topological polar surface area (TPSA) is 48.6 Å². The number of rotatable bonds is 4. The number of ether oxygens (including phenoxy) is 1. The molecule has 0 saturated carbocycles. The summed E-state index contributed by atoms with van der Waals surface area (Å²) >= 11 is 0. The Hall–Kier alpha value is -2.79. The molecule has 0 spiro atoms. The number of aromatic nitrogens is 1. The molecule has 1 amide bonds. The Bertz CT molecular complexity index is 935. The molecule has 2 atom stereocenters. The molecule has 3 heterocycles. The minimum atomic E-state index is -0.240. The van der Waals surface area contributed by atoms with Crippen LogP contribution in [0.5, 0.6) is 0 Å². The van der Waals surface area contributed by atoms with E-state index in [1.165, 1.54) is 29.4 Å². The molecule has 2 aromatic carbocycles. The summed E-state index contributed by atoms with van der Waals surface area (Å²) in [5, 5.41) is 1.26. The van der Waals surface area contributed by atoms with Crippen LogP contribution in [0.1, 0.15) is 31.0 Å². The number of piperidine rings is 1. The van der Waals surface area contributed by atoms with E-state index in [2.05, 4.69) is 40.2 Å². The lowest BCUT2D eigenvalue weighted by Crippen LogP contribution is -2.40. The number of carbonyl (C=O) groups is 1. The summed E-state index contributed by atoms with van der Waals surface area (Å²) in [6.45, 7) is 2.42. The van der Waals surface area contributed by atoms with Gasteiger partial charge in [-0.05, 0) is 49.0 Å². The number of hydrogen-bond acceptors (Lipinski definition) is 3. The molecule has 2 saturated heterocycles. The van der Waals surface area contributed by atoms with E-state index in [0.29, 0.717) is 12.6 Å². The maximum absolute atomic E-state index is 12.4. The predicted molar refractivity (Wildman–Crippen MR) is 111 cm³/mol. The molecular formula is C23H25N3O2. The van der Waals surface area contributed by atoms with E-state index in [1.54, 1.807) is 4.90 Å². The first-order valence-electron chi connectivity index (χ1n) is 10.1. The van der Waals surface area contributed by atoms with Crippen LogP contribution >= 0.6 is 0 Å². The van der Waals surface area contributed by atoms with Gasteiger partial charge in [0, 0.05) is 29.5 Å². The number of aromatic amines is 1. The Morgan fingerprint density at radius 2 is 1.86 bits per heavy atom. The number of benzene rings is 2. The van der Waals surface area contributed by atoms with Crippen LogP contribution in [0.15, 0.2) is 60.7 Å². The summed E-state index contributed by atoms with van der Waals surface area (Å²) in [7, 11) is 0. The van der Waals surface area contributed by atoms with Gasteiger partial charge in [-0.3, -0.25) is 9.80 Å². The normalized spacial score (nSPS) is 23.3. The van der Waals surface area contributed by atoms with Crippen molar-refractivity contribution in [3.8, 4) is 0 Å². The van der Waals surface area contributed by atoms with Crippen LogP contribution in [0, 0.1) is 0 Å². The number of cyclic esters (lactones) is 1. The molecule has 28 heavy (non-hydrogen) atoms. The van der Waals surface area contributed by atoms with Crippen LogP contribution in [0.25, 0.3) is 10.9 Å². The van der Waals surface area contributed by atoms with Crippen LogP contribution < -0.4 is 4.90 Å². The van der Waals surface area contributed by atoms with Crippen molar-refractivity contribution < 1.29 is 9.53 Å². The maximum Gasteiger partial charge on any atom is 0.414 e. The van der Waals surface area contributed by atoms with Crippen molar-refractivity contribution in [2.75, 3.05) is 24.5 Å². The molecule has 0 bridgehead atoms. The van der Waals surface area contributed by atoms with Crippen LogP contribution in [0.4, 0.5) is 10.5 Å². The van der Waals surface area contributed by atoms with Gasteiger partial charge in [-0.25, -0.2) is 4.79 Å². The monoisotopic (exact) mass is 375 g/mol. The molecule has 2 aliphatic rings. The summed E-state index contributed by atoms with van der Waals surface area (Å²) < 4.78 is 5.71. The van der Waals surface area contributed by atoms with E-state index < -0.39 is 0 Å². The second-order valence-electron chi connectivity index (χ2n) is 7.77. The molecule has 0 aliphatic carbocycles. The molecule has 2 fully saturated rings. The number of nitrogens with zero attached hydrogens (tertiary/aromatic N) is 2. The van der Waals surface area contributed by atoms with E-state index in [4.69, 9.17) is 4.74 Å². The number of amides is 1. The minimum absolute atomic E-state index is 0.0994. The van der Waals surface area contributed by atoms with Crippen molar-refractivity contribution in [1.82, 2.24) is 9.88 Å². The van der Waals surface area contributed by atoms with E-state index in [-0.39, 0.29) is 12.2 Å². The van der Waals surface area contributed by atoms with E-state index >= 15 is 0 Å². The first kappa shape index (κ1) is 17.3. The van der Waals surface area contributed by atoms with Gasteiger partial charge in [0.25, 0.3) is 0 Å². The number of anilines is 1. The van der Waals surface area contributed by atoms with Crippen molar-refractivity contribution >= 4 is 22.7 Å². The Morgan fingerprint density at radius 1 is 1.04 bits per heavy atom. The van der Waals surface area contributed by atoms with Gasteiger partial charge in [0.1, 0.15) is 6.10 Å². The fourth-order valence-electron chi connectivity index (χ4n) is 4.53. The Labute approximate surface area is 164 Å². The molecule has 1 N–H and O–H groups in total. The molecule has 5 heteroatoms. The predicted octanol–water partition coefficient (Wildman–Crippen LogP) is 4.72. The number of para-hydroxylation sites is 2. The summed E-state index contributed by atoms with van der Waals surface area (Å²) in [5.41, 5.74) is 3.36. The second-order valence-corrected chi connectivity index (χ2v) is 7.77. The van der Waals surface area contributed by atoms with Gasteiger partial charge < -0.3 is 9.72 Å². The van der Waals surface area contributed by atoms with Gasteiger partial charge in [0.05, 0.1) is 6.54 Å². The van der Waals surface area contributed by atoms with Crippen molar-refractivity contribution in [3.05, 3.63) is 66.4 Å². The van der Waals surface area contributed by atoms with Crippen molar-refractivity contribution in [2.24, 2.45) is 0 Å². The van der Waals surface area contributed by atoms with Crippen LogP contribution in [0.2, 0.25) is 0 Å². The average molecular weight is 375 g/mol. The summed E-state index contributed by atoms with van der Waals surface area (Å²) in [6.07, 6.45) is 3.22. The third kappa shape index (κ3) is 3.27. The highest BCUT2D eigenvalue weighted by Gasteiger charge is 2.36. The highest BCUT2D eigenvalue weighted by Crippen LogP contribution is 2.33. The first-order chi connectivity index (χ1) is 13.8. The van der Waals surface area contributed by atoms with E-state index in [1.807, 2.05) is 30.3 Å². The smallest absolute Gasteiger partial charge is 0.414 e. The van der Waals surface area contributed by atoms with Crippen LogP contribution in [-0.4, -0.2) is 41.7 Å². The first-order valence-corrected chi connectivity index (χ1v) is 10.1. The largest absolute Gasteiger partial charge is 0.443 e. The van der Waals surface area contributed by atoms with E-state index in [0.717, 1.165) is 25.2 Å². The molecular weight excluding hydrogens is 350 g/mol. The lowest BCUT2D eigenvalue weighted by Gasteiger charge is -2.36.